The van der Waals surface area contributed by atoms with E-state index < -0.39 is 4.92 Å². The van der Waals surface area contributed by atoms with Gasteiger partial charge in [0.2, 0.25) is 5.91 Å². The Morgan fingerprint density at radius 1 is 1.21 bits per heavy atom. The Morgan fingerprint density at radius 3 is 2.55 bits per heavy atom. The zero-order chi connectivity index (χ0) is 21.0. The summed E-state index contributed by atoms with van der Waals surface area (Å²) in [5.74, 6) is 0.619. The predicted octanol–water partition coefficient (Wildman–Crippen LogP) is 3.41. The van der Waals surface area contributed by atoms with Crippen LogP contribution in [0.4, 0.5) is 17.1 Å². The third-order valence-electron chi connectivity index (χ3n) is 5.08. The normalized spacial score (nSPS) is 15.6. The number of carbonyl (C=O) groups is 1. The average molecular weight is 419 g/mol. The van der Waals surface area contributed by atoms with E-state index in [1.54, 1.807) is 7.11 Å². The number of anilines is 2. The first-order chi connectivity index (χ1) is 13.9. The number of hydrogen-bond donors (Lipinski definition) is 1. The summed E-state index contributed by atoms with van der Waals surface area (Å²) in [6, 6.07) is 11.6. The van der Waals surface area contributed by atoms with Gasteiger partial charge in [-0.2, -0.15) is 0 Å². The van der Waals surface area contributed by atoms with Crippen molar-refractivity contribution >= 4 is 34.6 Å². The number of ether oxygens (including phenoxy) is 1. The molecule has 1 saturated heterocycles. The van der Waals surface area contributed by atoms with Gasteiger partial charge in [0.15, 0.2) is 0 Å². The molecule has 1 aliphatic rings. The van der Waals surface area contributed by atoms with E-state index >= 15 is 0 Å². The number of nitrogens with zero attached hydrogens (tertiary/aromatic N) is 3. The maximum Gasteiger partial charge on any atom is 0.271 e. The van der Waals surface area contributed by atoms with Gasteiger partial charge in [-0.3, -0.25) is 19.8 Å². The van der Waals surface area contributed by atoms with Crippen molar-refractivity contribution in [1.29, 1.82) is 0 Å². The number of nitro groups is 1. The molecular weight excluding hydrogens is 396 g/mol. The number of carbonyl (C=O) groups excluding carboxylic acids is 1. The highest BCUT2D eigenvalue weighted by atomic mass is 35.5. The molecule has 2 aromatic rings. The van der Waals surface area contributed by atoms with Crippen LogP contribution < -0.4 is 15.0 Å². The molecule has 0 saturated carbocycles. The molecule has 9 heteroatoms. The van der Waals surface area contributed by atoms with Gasteiger partial charge < -0.3 is 15.0 Å². The fraction of sp³-hybridized carbons (Fsp3) is 0.350. The van der Waals surface area contributed by atoms with E-state index in [4.69, 9.17) is 16.3 Å². The molecule has 0 bridgehead atoms. The number of non-ortho nitro benzene ring substituents is 1. The number of rotatable bonds is 6. The van der Waals surface area contributed by atoms with Crippen molar-refractivity contribution in [3.63, 3.8) is 0 Å². The number of benzene rings is 2. The summed E-state index contributed by atoms with van der Waals surface area (Å²) in [6.07, 6.45) is 0. The Balaban J connectivity index is 1.58. The summed E-state index contributed by atoms with van der Waals surface area (Å²) < 4.78 is 5.29. The largest absolute Gasteiger partial charge is 0.497 e. The molecule has 8 nitrogen and oxygen atoms in total. The minimum absolute atomic E-state index is 0.116. The van der Waals surface area contributed by atoms with Crippen molar-refractivity contribution in [2.24, 2.45) is 0 Å². The molecule has 1 amide bonds. The van der Waals surface area contributed by atoms with Gasteiger partial charge in [0.1, 0.15) is 5.75 Å². The highest BCUT2D eigenvalue weighted by Crippen LogP contribution is 2.27. The second kappa shape index (κ2) is 9.11. The maximum absolute atomic E-state index is 12.6. The van der Waals surface area contributed by atoms with Crippen LogP contribution in [0.1, 0.15) is 6.92 Å². The van der Waals surface area contributed by atoms with E-state index in [1.807, 2.05) is 31.2 Å². The fourth-order valence-electron chi connectivity index (χ4n) is 3.30. The molecule has 3 rings (SSSR count). The van der Waals surface area contributed by atoms with Crippen LogP contribution in [0.2, 0.25) is 5.02 Å². The molecule has 1 aliphatic heterocycles. The Bertz CT molecular complexity index is 900. The molecule has 154 valence electrons. The quantitative estimate of drug-likeness (QED) is 0.571. The zero-order valence-electron chi connectivity index (χ0n) is 16.3. The Hall–Kier alpha value is -2.84. The van der Waals surface area contributed by atoms with E-state index in [2.05, 4.69) is 15.1 Å². The topological polar surface area (TPSA) is 88.0 Å². The highest BCUT2D eigenvalue weighted by molar-refractivity contribution is 6.34. The van der Waals surface area contributed by atoms with Crippen molar-refractivity contribution in [2.45, 2.75) is 13.0 Å². The second-order valence-electron chi connectivity index (χ2n) is 6.81. The van der Waals surface area contributed by atoms with Crippen LogP contribution >= 0.6 is 11.6 Å². The summed E-state index contributed by atoms with van der Waals surface area (Å²) in [6.45, 7) is 4.90. The molecule has 29 heavy (non-hydrogen) atoms. The van der Waals surface area contributed by atoms with Crippen LogP contribution in [-0.4, -0.2) is 55.1 Å². The van der Waals surface area contributed by atoms with Crippen LogP contribution in [0.15, 0.2) is 42.5 Å². The van der Waals surface area contributed by atoms with Gasteiger partial charge in [0.25, 0.3) is 5.69 Å². The third-order valence-corrected chi connectivity index (χ3v) is 5.39. The summed E-state index contributed by atoms with van der Waals surface area (Å²) in [7, 11) is 1.65. The van der Waals surface area contributed by atoms with Crippen molar-refractivity contribution in [3.8, 4) is 5.75 Å². The standard InChI is InChI=1S/C20H23ClN4O4/c1-14(20(26)22-19-7-6-16(25(27)28)13-18(19)21)23-8-10-24(11-9-23)15-4-3-5-17(12-15)29-2/h3-7,12-14H,8-11H2,1-2H3,(H,22,26). The Labute approximate surface area is 174 Å². The summed E-state index contributed by atoms with van der Waals surface area (Å²) in [5.41, 5.74) is 1.35. The molecule has 0 spiro atoms. The minimum Gasteiger partial charge on any atom is -0.497 e. The average Bonchev–Trinajstić information content (AvgIpc) is 2.74. The first-order valence-corrected chi connectivity index (χ1v) is 9.64. The van der Waals surface area contributed by atoms with Gasteiger partial charge in [-0.1, -0.05) is 17.7 Å². The Morgan fingerprint density at radius 2 is 1.93 bits per heavy atom. The van der Waals surface area contributed by atoms with Crippen molar-refractivity contribution < 1.29 is 14.5 Å². The van der Waals surface area contributed by atoms with Crippen molar-refractivity contribution in [2.75, 3.05) is 43.5 Å². The number of halogens is 1. The number of methoxy groups -OCH3 is 1. The minimum atomic E-state index is -0.526. The van der Waals surface area contributed by atoms with Gasteiger partial charge >= 0.3 is 0 Å². The van der Waals surface area contributed by atoms with Gasteiger partial charge in [0.05, 0.1) is 28.8 Å². The van der Waals surface area contributed by atoms with Crippen LogP contribution in [0.25, 0.3) is 0 Å². The molecule has 0 aliphatic carbocycles. The van der Waals surface area contributed by atoms with Gasteiger partial charge in [-0.25, -0.2) is 0 Å². The second-order valence-corrected chi connectivity index (χ2v) is 7.22. The molecule has 1 unspecified atom stereocenters. The van der Waals surface area contributed by atoms with Crippen molar-refractivity contribution in [3.05, 3.63) is 57.6 Å². The van der Waals surface area contributed by atoms with E-state index in [1.165, 1.54) is 18.2 Å². The molecule has 1 N–H and O–H groups in total. The number of nitro benzene ring substituents is 1. The lowest BCUT2D eigenvalue weighted by molar-refractivity contribution is -0.384. The fourth-order valence-corrected chi connectivity index (χ4v) is 3.52. The monoisotopic (exact) mass is 418 g/mol. The highest BCUT2D eigenvalue weighted by Gasteiger charge is 2.26. The lowest BCUT2D eigenvalue weighted by Gasteiger charge is -2.38. The van der Waals surface area contributed by atoms with Gasteiger partial charge in [-0.15, -0.1) is 0 Å². The summed E-state index contributed by atoms with van der Waals surface area (Å²) in [5, 5.41) is 13.7. The molecule has 0 aromatic heterocycles. The molecule has 1 fully saturated rings. The van der Waals surface area contributed by atoms with Gasteiger partial charge in [-0.05, 0) is 25.1 Å². The smallest absolute Gasteiger partial charge is 0.271 e. The first-order valence-electron chi connectivity index (χ1n) is 9.27. The molecule has 1 atom stereocenters. The van der Waals surface area contributed by atoms with E-state index in [0.29, 0.717) is 5.69 Å². The lowest BCUT2D eigenvalue weighted by atomic mass is 10.2. The number of amides is 1. The summed E-state index contributed by atoms with van der Waals surface area (Å²) >= 11 is 6.07. The van der Waals surface area contributed by atoms with E-state index in [-0.39, 0.29) is 22.7 Å². The SMILES string of the molecule is COc1cccc(N2CCN(C(C)C(=O)Nc3ccc([N+](=O)[O-])cc3Cl)CC2)c1. The number of nitrogens with one attached hydrogen (secondary N) is 1. The Kier molecular flexibility index (Phi) is 6.56. The van der Waals surface area contributed by atoms with Gasteiger partial charge in [0, 0.05) is 50.1 Å². The van der Waals surface area contributed by atoms with Crippen LogP contribution in [0.5, 0.6) is 5.75 Å². The maximum atomic E-state index is 12.6. The van der Waals surface area contributed by atoms with Crippen LogP contribution in [-0.2, 0) is 4.79 Å². The molecule has 2 aromatic carbocycles. The summed E-state index contributed by atoms with van der Waals surface area (Å²) in [4.78, 5) is 27.3. The number of piperazine rings is 1. The zero-order valence-corrected chi connectivity index (χ0v) is 17.1. The number of hydrogen-bond acceptors (Lipinski definition) is 6. The first kappa shape index (κ1) is 20.9. The van der Waals surface area contributed by atoms with Crippen molar-refractivity contribution in [1.82, 2.24) is 4.90 Å². The molecule has 0 radical (unpaired) electrons. The van der Waals surface area contributed by atoms with E-state index in [9.17, 15) is 14.9 Å². The van der Waals surface area contributed by atoms with Crippen LogP contribution in [0.3, 0.4) is 0 Å². The third kappa shape index (κ3) is 4.96. The lowest BCUT2D eigenvalue weighted by Crippen LogP contribution is -2.52. The van der Waals surface area contributed by atoms with Crippen LogP contribution in [0, 0.1) is 10.1 Å². The van der Waals surface area contributed by atoms with E-state index in [0.717, 1.165) is 37.6 Å². The predicted molar refractivity (Wildman–Crippen MR) is 113 cm³/mol. The molecule has 1 heterocycles. The molecular formula is C20H23ClN4O4.